The van der Waals surface area contributed by atoms with Crippen molar-refractivity contribution in [2.24, 2.45) is 5.92 Å². The summed E-state index contributed by atoms with van der Waals surface area (Å²) in [5.74, 6) is 1.06. The third-order valence-electron chi connectivity index (χ3n) is 5.53. The molecule has 1 atom stereocenters. The van der Waals surface area contributed by atoms with Crippen LogP contribution in [0.1, 0.15) is 5.56 Å². The molecule has 1 saturated heterocycles. The monoisotopic (exact) mass is 450 g/mol. The average molecular weight is 451 g/mol. The molecule has 2 aromatic carbocycles. The fraction of sp³-hybridized carbons (Fsp3) is 0.381. The van der Waals surface area contributed by atoms with Crippen LogP contribution in [0.5, 0.6) is 11.5 Å². The van der Waals surface area contributed by atoms with E-state index in [1.54, 1.807) is 23.1 Å². The zero-order valence-electron chi connectivity index (χ0n) is 16.6. The summed E-state index contributed by atoms with van der Waals surface area (Å²) < 4.78 is 38.0. The van der Waals surface area contributed by atoms with Crippen LogP contribution in [0, 0.1) is 5.92 Å². The number of carbonyl (C=O) groups is 1. The fourth-order valence-electron chi connectivity index (χ4n) is 3.83. The van der Waals surface area contributed by atoms with Gasteiger partial charge in [-0.3, -0.25) is 4.79 Å². The van der Waals surface area contributed by atoms with E-state index < -0.39 is 10.0 Å². The molecule has 0 N–H and O–H groups in total. The zero-order valence-corrected chi connectivity index (χ0v) is 18.2. The number of hydrogen-bond donors (Lipinski definition) is 0. The van der Waals surface area contributed by atoms with Crippen molar-refractivity contribution in [3.63, 3.8) is 0 Å². The van der Waals surface area contributed by atoms with Gasteiger partial charge in [0, 0.05) is 31.2 Å². The van der Waals surface area contributed by atoms with E-state index in [0.29, 0.717) is 36.9 Å². The highest BCUT2D eigenvalue weighted by Gasteiger charge is 2.34. The summed E-state index contributed by atoms with van der Waals surface area (Å²) in [5.41, 5.74) is 0.924. The molecule has 2 aliphatic rings. The SMILES string of the molecule is COc1ccc(S(=O)(=O)N2CCN(C(=O)[C@@H]3COc4ccc(Cl)cc4C3)CC2)cc1. The van der Waals surface area contributed by atoms with Gasteiger partial charge < -0.3 is 14.4 Å². The van der Waals surface area contributed by atoms with Crippen molar-refractivity contribution < 1.29 is 22.7 Å². The Morgan fingerprint density at radius 2 is 1.80 bits per heavy atom. The van der Waals surface area contributed by atoms with E-state index in [1.165, 1.54) is 23.5 Å². The van der Waals surface area contributed by atoms with Crippen molar-refractivity contribution in [1.82, 2.24) is 9.21 Å². The number of methoxy groups -OCH3 is 1. The molecule has 0 saturated carbocycles. The summed E-state index contributed by atoms with van der Waals surface area (Å²) in [6, 6.07) is 11.7. The normalized spacial score (nSPS) is 19.7. The molecule has 0 radical (unpaired) electrons. The molecule has 0 spiro atoms. The number of amides is 1. The highest BCUT2D eigenvalue weighted by molar-refractivity contribution is 7.89. The molecule has 4 rings (SSSR count). The van der Waals surface area contributed by atoms with Gasteiger partial charge in [0.25, 0.3) is 0 Å². The van der Waals surface area contributed by atoms with E-state index in [1.807, 2.05) is 12.1 Å². The van der Waals surface area contributed by atoms with E-state index in [2.05, 4.69) is 0 Å². The predicted octanol–water partition coefficient (Wildman–Crippen LogP) is 2.43. The number of hydrogen-bond acceptors (Lipinski definition) is 5. The minimum atomic E-state index is -3.61. The Morgan fingerprint density at radius 1 is 1.10 bits per heavy atom. The first-order valence-electron chi connectivity index (χ1n) is 9.72. The quantitative estimate of drug-likeness (QED) is 0.715. The number of benzene rings is 2. The lowest BCUT2D eigenvalue weighted by Gasteiger charge is -2.36. The maximum atomic E-state index is 13.0. The molecule has 1 amide bonds. The topological polar surface area (TPSA) is 76.2 Å². The van der Waals surface area contributed by atoms with Gasteiger partial charge in [0.15, 0.2) is 0 Å². The molecule has 1 fully saturated rings. The lowest BCUT2D eigenvalue weighted by Crippen LogP contribution is -2.52. The maximum absolute atomic E-state index is 13.0. The molecule has 2 heterocycles. The van der Waals surface area contributed by atoms with Crippen molar-refractivity contribution in [2.45, 2.75) is 11.3 Å². The third-order valence-corrected chi connectivity index (χ3v) is 7.67. The van der Waals surface area contributed by atoms with Crippen molar-refractivity contribution in [3.05, 3.63) is 53.1 Å². The van der Waals surface area contributed by atoms with E-state index in [0.717, 1.165) is 11.3 Å². The Labute approximate surface area is 181 Å². The van der Waals surface area contributed by atoms with E-state index in [4.69, 9.17) is 21.1 Å². The minimum absolute atomic E-state index is 0.0119. The predicted molar refractivity (Wildman–Crippen MR) is 112 cm³/mol. The summed E-state index contributed by atoms with van der Waals surface area (Å²) in [6.07, 6.45) is 0.569. The van der Waals surface area contributed by atoms with Crippen LogP contribution in [0.2, 0.25) is 5.02 Å². The van der Waals surface area contributed by atoms with Crippen LogP contribution in [0.4, 0.5) is 0 Å². The van der Waals surface area contributed by atoms with E-state index in [-0.39, 0.29) is 29.8 Å². The number of nitrogens with zero attached hydrogens (tertiary/aromatic N) is 2. The summed E-state index contributed by atoms with van der Waals surface area (Å²) >= 11 is 6.06. The largest absolute Gasteiger partial charge is 0.497 e. The fourth-order valence-corrected chi connectivity index (χ4v) is 5.44. The lowest BCUT2D eigenvalue weighted by atomic mass is 9.95. The number of rotatable bonds is 4. The molecule has 30 heavy (non-hydrogen) atoms. The summed E-state index contributed by atoms with van der Waals surface area (Å²) in [4.78, 5) is 14.9. The van der Waals surface area contributed by atoms with Crippen molar-refractivity contribution in [1.29, 1.82) is 0 Å². The molecule has 0 bridgehead atoms. The van der Waals surface area contributed by atoms with E-state index in [9.17, 15) is 13.2 Å². The summed E-state index contributed by atoms with van der Waals surface area (Å²) in [5, 5.41) is 0.614. The highest BCUT2D eigenvalue weighted by atomic mass is 35.5. The third kappa shape index (κ3) is 4.12. The second kappa shape index (κ2) is 8.45. The van der Waals surface area contributed by atoms with Crippen molar-refractivity contribution in [2.75, 3.05) is 39.9 Å². The molecule has 0 aromatic heterocycles. The minimum Gasteiger partial charge on any atom is -0.497 e. The Kier molecular flexibility index (Phi) is 5.90. The zero-order chi connectivity index (χ0) is 21.3. The van der Waals surface area contributed by atoms with Gasteiger partial charge in [-0.2, -0.15) is 4.31 Å². The van der Waals surface area contributed by atoms with Gasteiger partial charge >= 0.3 is 0 Å². The van der Waals surface area contributed by atoms with Crippen LogP contribution < -0.4 is 9.47 Å². The molecule has 7 nitrogen and oxygen atoms in total. The van der Waals surface area contributed by atoms with Gasteiger partial charge in [0.2, 0.25) is 15.9 Å². The van der Waals surface area contributed by atoms with Crippen molar-refractivity contribution in [3.8, 4) is 11.5 Å². The smallest absolute Gasteiger partial charge is 0.243 e. The average Bonchev–Trinajstić information content (AvgIpc) is 2.78. The number of carbonyl (C=O) groups excluding carboxylic acids is 1. The maximum Gasteiger partial charge on any atom is 0.243 e. The molecule has 9 heteroatoms. The molecule has 0 unspecified atom stereocenters. The van der Waals surface area contributed by atoms with Crippen LogP contribution in [-0.2, 0) is 21.2 Å². The summed E-state index contributed by atoms with van der Waals surface area (Å²) in [6.45, 7) is 1.55. The molecular weight excluding hydrogens is 428 g/mol. The Bertz CT molecular complexity index is 1030. The van der Waals surface area contributed by atoms with Gasteiger partial charge in [-0.1, -0.05) is 11.6 Å². The second-order valence-corrected chi connectivity index (χ2v) is 9.74. The van der Waals surface area contributed by atoms with Crippen LogP contribution in [0.15, 0.2) is 47.4 Å². The van der Waals surface area contributed by atoms with Crippen molar-refractivity contribution >= 4 is 27.5 Å². The van der Waals surface area contributed by atoms with Gasteiger partial charge in [0.1, 0.15) is 18.1 Å². The number of piperazine rings is 1. The van der Waals surface area contributed by atoms with Crippen LogP contribution >= 0.6 is 11.6 Å². The van der Waals surface area contributed by atoms with Gasteiger partial charge in [0.05, 0.1) is 17.9 Å². The number of fused-ring (bicyclic) bond motifs is 1. The lowest BCUT2D eigenvalue weighted by molar-refractivity contribution is -0.138. The Morgan fingerprint density at radius 3 is 2.47 bits per heavy atom. The van der Waals surface area contributed by atoms with Gasteiger partial charge in [-0.15, -0.1) is 0 Å². The number of sulfonamides is 1. The Hall–Kier alpha value is -2.29. The highest BCUT2D eigenvalue weighted by Crippen LogP contribution is 2.31. The van der Waals surface area contributed by atoms with Crippen LogP contribution in [0.3, 0.4) is 0 Å². The standard InChI is InChI=1S/C21H23ClN2O5S/c1-28-18-3-5-19(6-4-18)30(26,27)24-10-8-23(9-11-24)21(25)16-12-15-13-17(22)2-7-20(15)29-14-16/h2-7,13,16H,8-12,14H2,1H3/t16-/m0/s1. The summed E-state index contributed by atoms with van der Waals surface area (Å²) in [7, 11) is -2.07. The van der Waals surface area contributed by atoms with E-state index >= 15 is 0 Å². The first-order chi connectivity index (χ1) is 14.4. The van der Waals surface area contributed by atoms with Crippen LogP contribution in [-0.4, -0.2) is 63.4 Å². The number of halogens is 1. The molecule has 0 aliphatic carbocycles. The Balaban J connectivity index is 1.38. The molecule has 2 aliphatic heterocycles. The van der Waals surface area contributed by atoms with Gasteiger partial charge in [-0.05, 0) is 54.4 Å². The first kappa shape index (κ1) is 21.0. The number of ether oxygens (including phenoxy) is 2. The second-order valence-electron chi connectivity index (χ2n) is 7.37. The first-order valence-corrected chi connectivity index (χ1v) is 11.5. The molecular formula is C21H23ClN2O5S. The van der Waals surface area contributed by atoms with Gasteiger partial charge in [-0.25, -0.2) is 8.42 Å². The molecule has 2 aromatic rings. The van der Waals surface area contributed by atoms with Crippen LogP contribution in [0.25, 0.3) is 0 Å². The molecule has 160 valence electrons.